The van der Waals surface area contributed by atoms with Gasteiger partial charge in [0.25, 0.3) is 11.8 Å². The molecule has 0 bridgehead atoms. The highest BCUT2D eigenvalue weighted by Gasteiger charge is 2.34. The predicted molar refractivity (Wildman–Crippen MR) is 127 cm³/mol. The molecule has 3 aromatic rings. The summed E-state index contributed by atoms with van der Waals surface area (Å²) in [4.78, 5) is 33.0. The summed E-state index contributed by atoms with van der Waals surface area (Å²) in [6.45, 7) is 3.91. The van der Waals surface area contributed by atoms with Gasteiger partial charge >= 0.3 is 0 Å². The van der Waals surface area contributed by atoms with Crippen LogP contribution in [-0.2, 0) is 4.79 Å². The van der Waals surface area contributed by atoms with E-state index in [0.717, 1.165) is 21.3 Å². The molecule has 3 aromatic carbocycles. The number of halogens is 1. The molecule has 0 aliphatic carbocycles. The van der Waals surface area contributed by atoms with Gasteiger partial charge in [0.1, 0.15) is 0 Å². The lowest BCUT2D eigenvalue weighted by Crippen LogP contribution is -2.49. The van der Waals surface area contributed by atoms with E-state index in [4.69, 9.17) is 4.99 Å². The fourth-order valence-electron chi connectivity index (χ4n) is 3.68. The number of rotatable bonds is 4. The van der Waals surface area contributed by atoms with Gasteiger partial charge < -0.3 is 10.2 Å². The molecule has 0 fully saturated rings. The fourth-order valence-corrected chi connectivity index (χ4v) is 4.08. The molecule has 0 unspecified atom stereocenters. The number of hydrogen-bond donors (Lipinski definition) is 1. The van der Waals surface area contributed by atoms with Crippen LogP contribution < -0.4 is 10.2 Å². The van der Waals surface area contributed by atoms with Crippen molar-refractivity contribution in [3.8, 4) is 0 Å². The van der Waals surface area contributed by atoms with Gasteiger partial charge in [0.15, 0.2) is 0 Å². The number of anilines is 1. The molecule has 0 saturated heterocycles. The van der Waals surface area contributed by atoms with Crippen LogP contribution in [0, 0.1) is 0 Å². The molecule has 0 aromatic heterocycles. The number of aliphatic imine (C=N–C) groups is 1. The Kier molecular flexibility index (Phi) is 6.00. The van der Waals surface area contributed by atoms with E-state index in [0.29, 0.717) is 11.3 Å². The number of nitrogens with one attached hydrogen (secondary N) is 1. The molecule has 1 N–H and O–H groups in total. The first kappa shape index (κ1) is 21.0. The van der Waals surface area contributed by atoms with Gasteiger partial charge in [-0.2, -0.15) is 0 Å². The number of carbonyl (C=O) groups is 2. The quantitative estimate of drug-likeness (QED) is 0.588. The third-order valence-electron chi connectivity index (χ3n) is 5.07. The zero-order chi connectivity index (χ0) is 22.0. The maximum Gasteiger partial charge on any atom is 0.272 e. The first-order chi connectivity index (χ1) is 15.0. The van der Waals surface area contributed by atoms with E-state index in [9.17, 15) is 9.59 Å². The molecule has 0 spiro atoms. The van der Waals surface area contributed by atoms with Gasteiger partial charge in [0.05, 0.1) is 11.4 Å². The van der Waals surface area contributed by atoms with Crippen LogP contribution in [0.2, 0.25) is 0 Å². The van der Waals surface area contributed by atoms with Crippen LogP contribution in [0.4, 0.5) is 5.69 Å². The Morgan fingerprint density at radius 3 is 2.42 bits per heavy atom. The van der Waals surface area contributed by atoms with Gasteiger partial charge in [-0.15, -0.1) is 0 Å². The van der Waals surface area contributed by atoms with E-state index in [2.05, 4.69) is 21.2 Å². The second-order valence-electron chi connectivity index (χ2n) is 7.55. The van der Waals surface area contributed by atoms with Crippen molar-refractivity contribution in [2.24, 2.45) is 4.99 Å². The van der Waals surface area contributed by atoms with Crippen LogP contribution in [0.15, 0.2) is 88.3 Å². The van der Waals surface area contributed by atoms with Crippen molar-refractivity contribution < 1.29 is 9.59 Å². The number of nitrogens with zero attached hydrogens (tertiary/aromatic N) is 2. The average molecular weight is 476 g/mol. The van der Waals surface area contributed by atoms with E-state index >= 15 is 0 Å². The van der Waals surface area contributed by atoms with Crippen LogP contribution >= 0.6 is 15.9 Å². The Bertz CT molecular complexity index is 1160. The Balaban J connectivity index is 1.82. The molecular formula is C25H22BrN3O2. The molecule has 1 aliphatic heterocycles. The topological polar surface area (TPSA) is 61.8 Å². The summed E-state index contributed by atoms with van der Waals surface area (Å²) in [5, 5.41) is 2.83. The van der Waals surface area contributed by atoms with Crippen LogP contribution in [0.25, 0.3) is 0 Å². The van der Waals surface area contributed by atoms with E-state index in [1.807, 2.05) is 74.5 Å². The monoisotopic (exact) mass is 475 g/mol. The molecule has 1 atom stereocenters. The summed E-state index contributed by atoms with van der Waals surface area (Å²) in [6, 6.07) is 24.4. The fraction of sp³-hybridized carbons (Fsp3) is 0.160. The molecule has 5 nitrogen and oxygen atoms in total. The zero-order valence-corrected chi connectivity index (χ0v) is 18.8. The Hall–Kier alpha value is -3.25. The lowest BCUT2D eigenvalue weighted by Gasteiger charge is -2.29. The van der Waals surface area contributed by atoms with Crippen molar-refractivity contribution >= 4 is 39.1 Å². The van der Waals surface area contributed by atoms with Crippen LogP contribution in [-0.4, -0.2) is 29.7 Å². The van der Waals surface area contributed by atoms with Crippen LogP contribution in [0.3, 0.4) is 0 Å². The van der Waals surface area contributed by atoms with Crippen molar-refractivity contribution in [3.05, 3.63) is 100 Å². The van der Waals surface area contributed by atoms with Gasteiger partial charge in [0, 0.05) is 27.2 Å². The van der Waals surface area contributed by atoms with Crippen LogP contribution in [0.5, 0.6) is 0 Å². The van der Waals surface area contributed by atoms with Gasteiger partial charge in [-0.25, -0.2) is 4.99 Å². The zero-order valence-electron chi connectivity index (χ0n) is 17.2. The number of benzene rings is 3. The molecule has 2 amide bonds. The first-order valence-corrected chi connectivity index (χ1v) is 10.9. The van der Waals surface area contributed by atoms with Gasteiger partial charge in [0.2, 0.25) is 6.17 Å². The maximum absolute atomic E-state index is 13.6. The molecule has 6 heteroatoms. The minimum atomic E-state index is -1.04. The predicted octanol–water partition coefficient (Wildman–Crippen LogP) is 4.80. The molecule has 0 radical (unpaired) electrons. The number of benzodiazepines with no additional fused rings is 1. The summed E-state index contributed by atoms with van der Waals surface area (Å²) in [6.07, 6.45) is -1.04. The van der Waals surface area contributed by atoms with Crippen molar-refractivity contribution in [3.63, 3.8) is 0 Å². The number of amides is 2. The van der Waals surface area contributed by atoms with Crippen molar-refractivity contribution in [1.82, 2.24) is 5.32 Å². The Morgan fingerprint density at radius 2 is 1.71 bits per heavy atom. The minimum Gasteiger partial charge on any atom is -0.322 e. The normalized spacial score (nSPS) is 15.9. The molecular weight excluding hydrogens is 454 g/mol. The summed E-state index contributed by atoms with van der Waals surface area (Å²) in [5.74, 6) is -0.623. The van der Waals surface area contributed by atoms with E-state index in [-0.39, 0.29) is 17.9 Å². The van der Waals surface area contributed by atoms with Crippen molar-refractivity contribution in [2.75, 3.05) is 4.90 Å². The third-order valence-corrected chi connectivity index (χ3v) is 5.56. The summed E-state index contributed by atoms with van der Waals surface area (Å²) in [5.41, 5.74) is 3.65. The van der Waals surface area contributed by atoms with Gasteiger partial charge in [-0.05, 0) is 38.1 Å². The second kappa shape index (κ2) is 8.86. The van der Waals surface area contributed by atoms with Gasteiger partial charge in [-0.3, -0.25) is 9.59 Å². The number of fused-ring (bicyclic) bond motifs is 1. The standard InChI is InChI=1S/C25H22BrN3O2/c1-16(2)29-21-14-7-6-13-20(21)22(17-9-4-3-5-10-17)27-23(25(29)31)28-24(30)18-11-8-12-19(26)15-18/h3-16,23H,1-2H3,(H,28,30)/t23-/m0/s1. The SMILES string of the molecule is CC(C)N1C(=O)[C@H](NC(=O)c2cccc(Br)c2)N=C(c2ccccc2)c2ccccc21. The smallest absolute Gasteiger partial charge is 0.272 e. The van der Waals surface area contributed by atoms with E-state index < -0.39 is 6.17 Å². The average Bonchev–Trinajstić information content (AvgIpc) is 2.89. The lowest BCUT2D eigenvalue weighted by atomic mass is 10.00. The minimum absolute atomic E-state index is 0.107. The lowest BCUT2D eigenvalue weighted by molar-refractivity contribution is -0.120. The second-order valence-corrected chi connectivity index (χ2v) is 8.46. The number of carbonyl (C=O) groups excluding carboxylic acids is 2. The molecule has 1 heterocycles. The highest BCUT2D eigenvalue weighted by atomic mass is 79.9. The highest BCUT2D eigenvalue weighted by Crippen LogP contribution is 2.29. The third kappa shape index (κ3) is 4.30. The van der Waals surface area contributed by atoms with E-state index in [1.165, 1.54) is 0 Å². The first-order valence-electron chi connectivity index (χ1n) is 10.1. The van der Waals surface area contributed by atoms with Crippen LogP contribution in [0.1, 0.15) is 35.3 Å². The van der Waals surface area contributed by atoms with Crippen molar-refractivity contribution in [1.29, 1.82) is 0 Å². The van der Waals surface area contributed by atoms with E-state index in [1.54, 1.807) is 23.1 Å². The van der Waals surface area contributed by atoms with Gasteiger partial charge in [-0.1, -0.05) is 70.5 Å². The summed E-state index contributed by atoms with van der Waals surface area (Å²) in [7, 11) is 0. The Morgan fingerprint density at radius 1 is 1.00 bits per heavy atom. The number of para-hydroxylation sites is 1. The molecule has 0 saturated carbocycles. The largest absolute Gasteiger partial charge is 0.322 e. The molecule has 1 aliphatic rings. The summed E-state index contributed by atoms with van der Waals surface area (Å²) >= 11 is 3.39. The van der Waals surface area contributed by atoms with Crippen molar-refractivity contribution in [2.45, 2.75) is 26.1 Å². The molecule has 31 heavy (non-hydrogen) atoms. The maximum atomic E-state index is 13.6. The molecule has 156 valence electrons. The molecule has 4 rings (SSSR count). The Labute approximate surface area is 189 Å². The summed E-state index contributed by atoms with van der Waals surface area (Å²) < 4.78 is 0.789. The highest BCUT2D eigenvalue weighted by molar-refractivity contribution is 9.10. The number of hydrogen-bond acceptors (Lipinski definition) is 3.